The second-order valence-corrected chi connectivity index (χ2v) is 1.68. The minimum Gasteiger partial charge on any atom is -0.475 e. The van der Waals surface area contributed by atoms with Gasteiger partial charge in [0.25, 0.3) is 0 Å². The number of hydrogen-bond acceptors (Lipinski definition) is 3. The largest absolute Gasteiger partial charge is 0.475 e. The molecule has 0 aliphatic rings. The van der Waals surface area contributed by atoms with Gasteiger partial charge >= 0.3 is 5.97 Å². The molecule has 0 aromatic rings. The van der Waals surface area contributed by atoms with Gasteiger partial charge in [0.05, 0.1) is 6.61 Å². The highest BCUT2D eigenvalue weighted by Gasteiger charge is 2.09. The van der Waals surface area contributed by atoms with E-state index in [9.17, 15) is 9.59 Å². The van der Waals surface area contributed by atoms with Crippen LogP contribution >= 0.6 is 0 Å². The molecule has 58 valence electrons. The van der Waals surface area contributed by atoms with Crippen molar-refractivity contribution in [3.8, 4) is 0 Å². The molecule has 0 heterocycles. The first-order chi connectivity index (χ1) is 4.68. The minimum absolute atomic E-state index is 0.0385. The predicted octanol–water partition coefficient (Wildman–Crippen LogP) is 0.0667. The lowest BCUT2D eigenvalue weighted by molar-refractivity contribution is -0.149. The third kappa shape index (κ3) is 4.03. The smallest absolute Gasteiger partial charge is 0.372 e. The van der Waals surface area contributed by atoms with Crippen LogP contribution in [0, 0.1) is 0 Å². The van der Waals surface area contributed by atoms with Crippen LogP contribution < -0.4 is 0 Å². The quantitative estimate of drug-likeness (QED) is 0.440. The number of carboxylic acid groups (broad SMARTS) is 1. The van der Waals surface area contributed by atoms with E-state index in [2.05, 4.69) is 0 Å². The van der Waals surface area contributed by atoms with Crippen LogP contribution in [0.1, 0.15) is 13.3 Å². The van der Waals surface area contributed by atoms with E-state index in [1.807, 2.05) is 0 Å². The zero-order chi connectivity index (χ0) is 7.98. The van der Waals surface area contributed by atoms with E-state index in [1.54, 1.807) is 6.92 Å². The molecule has 0 aliphatic carbocycles. The number of Topliss-reactive ketones (excluding diaryl/α,β-unsaturated/α-hetero) is 1. The van der Waals surface area contributed by atoms with Crippen LogP contribution in [-0.2, 0) is 14.3 Å². The van der Waals surface area contributed by atoms with Crippen molar-refractivity contribution in [3.63, 3.8) is 0 Å². The molecule has 4 heteroatoms. The fraction of sp³-hybridized carbons (Fsp3) is 0.667. The van der Waals surface area contributed by atoms with Gasteiger partial charge in [0.1, 0.15) is 0 Å². The first kappa shape index (κ1) is 9.10. The van der Waals surface area contributed by atoms with Crippen LogP contribution in [-0.4, -0.2) is 30.1 Å². The van der Waals surface area contributed by atoms with Crippen LogP contribution in [0.5, 0.6) is 0 Å². The molecule has 10 heavy (non-hydrogen) atoms. The average molecular weight is 146 g/mol. The maximum absolute atomic E-state index is 10.3. The lowest BCUT2D eigenvalue weighted by atomic mass is 10.3. The summed E-state index contributed by atoms with van der Waals surface area (Å²) in [5.41, 5.74) is 0. The lowest BCUT2D eigenvalue weighted by Gasteiger charge is -1.95. The van der Waals surface area contributed by atoms with E-state index in [-0.39, 0.29) is 13.0 Å². The predicted molar refractivity (Wildman–Crippen MR) is 33.8 cm³/mol. The van der Waals surface area contributed by atoms with Gasteiger partial charge in [-0.3, -0.25) is 4.79 Å². The number of carbonyl (C=O) groups excluding carboxylic acids is 1. The normalized spacial score (nSPS) is 9.30. The Bertz CT molecular complexity index is 130. The second kappa shape index (κ2) is 4.93. The first-order valence-electron chi connectivity index (χ1n) is 3.02. The Hall–Kier alpha value is -0.900. The van der Waals surface area contributed by atoms with Gasteiger partial charge in [0, 0.05) is 13.0 Å². The molecular weight excluding hydrogens is 136 g/mol. The molecule has 0 spiro atoms. The third-order valence-electron chi connectivity index (χ3n) is 0.916. The van der Waals surface area contributed by atoms with E-state index in [0.717, 1.165) is 0 Å². The molecule has 0 aromatic heterocycles. The number of rotatable bonds is 5. The number of aliphatic carboxylic acids is 1. The Morgan fingerprint density at radius 3 is 2.50 bits per heavy atom. The van der Waals surface area contributed by atoms with Gasteiger partial charge in [-0.15, -0.1) is 0 Å². The SMILES string of the molecule is CCOCCC(=O)C(=O)O. The van der Waals surface area contributed by atoms with Gasteiger partial charge in [0.15, 0.2) is 0 Å². The Balaban J connectivity index is 3.31. The monoisotopic (exact) mass is 146 g/mol. The summed E-state index contributed by atoms with van der Waals surface area (Å²) in [4.78, 5) is 20.2. The molecule has 0 bridgehead atoms. The van der Waals surface area contributed by atoms with Gasteiger partial charge in [0.2, 0.25) is 5.78 Å². The molecule has 0 atom stereocenters. The average Bonchev–Trinajstić information content (AvgIpc) is 1.88. The topological polar surface area (TPSA) is 63.6 Å². The molecule has 0 fully saturated rings. The molecule has 0 saturated heterocycles. The zero-order valence-corrected chi connectivity index (χ0v) is 5.79. The number of carboxylic acids is 1. The van der Waals surface area contributed by atoms with Crippen molar-refractivity contribution in [1.29, 1.82) is 0 Å². The highest BCUT2D eigenvalue weighted by atomic mass is 16.5. The van der Waals surface area contributed by atoms with Crippen molar-refractivity contribution >= 4 is 11.8 Å². The Morgan fingerprint density at radius 2 is 2.10 bits per heavy atom. The van der Waals surface area contributed by atoms with E-state index < -0.39 is 11.8 Å². The van der Waals surface area contributed by atoms with Crippen LogP contribution in [0.4, 0.5) is 0 Å². The van der Waals surface area contributed by atoms with Crippen molar-refractivity contribution in [2.75, 3.05) is 13.2 Å². The van der Waals surface area contributed by atoms with Crippen LogP contribution in [0.25, 0.3) is 0 Å². The molecule has 0 aliphatic heterocycles. The Morgan fingerprint density at radius 1 is 1.50 bits per heavy atom. The van der Waals surface area contributed by atoms with Crippen molar-refractivity contribution in [1.82, 2.24) is 0 Å². The molecule has 0 unspecified atom stereocenters. The van der Waals surface area contributed by atoms with E-state index in [4.69, 9.17) is 9.84 Å². The van der Waals surface area contributed by atoms with Crippen LogP contribution in [0.3, 0.4) is 0 Å². The molecular formula is C6H10O4. The van der Waals surface area contributed by atoms with Gasteiger partial charge in [-0.25, -0.2) is 4.79 Å². The summed E-state index contributed by atoms with van der Waals surface area (Å²) in [5, 5.41) is 8.08. The van der Waals surface area contributed by atoms with Crippen molar-refractivity contribution < 1.29 is 19.4 Å². The maximum Gasteiger partial charge on any atom is 0.372 e. The van der Waals surface area contributed by atoms with Crippen LogP contribution in [0.15, 0.2) is 0 Å². The minimum atomic E-state index is -1.39. The van der Waals surface area contributed by atoms with E-state index in [0.29, 0.717) is 6.61 Å². The summed E-state index contributed by atoms with van der Waals surface area (Å²) < 4.78 is 4.77. The lowest BCUT2D eigenvalue weighted by Crippen LogP contribution is -2.14. The highest BCUT2D eigenvalue weighted by Crippen LogP contribution is 1.84. The van der Waals surface area contributed by atoms with Crippen LogP contribution in [0.2, 0.25) is 0 Å². The van der Waals surface area contributed by atoms with Crippen molar-refractivity contribution in [3.05, 3.63) is 0 Å². The van der Waals surface area contributed by atoms with Crippen molar-refractivity contribution in [2.24, 2.45) is 0 Å². The van der Waals surface area contributed by atoms with Gasteiger partial charge in [-0.1, -0.05) is 0 Å². The molecule has 1 N–H and O–H groups in total. The van der Waals surface area contributed by atoms with E-state index in [1.165, 1.54) is 0 Å². The highest BCUT2D eigenvalue weighted by molar-refractivity contribution is 6.32. The van der Waals surface area contributed by atoms with Gasteiger partial charge < -0.3 is 9.84 Å². The number of carbonyl (C=O) groups is 2. The number of ketones is 1. The second-order valence-electron chi connectivity index (χ2n) is 1.68. The molecule has 0 radical (unpaired) electrons. The third-order valence-corrected chi connectivity index (χ3v) is 0.916. The molecule has 0 aromatic carbocycles. The number of ether oxygens (including phenoxy) is 1. The number of hydrogen-bond donors (Lipinski definition) is 1. The summed E-state index contributed by atoms with van der Waals surface area (Å²) in [5.74, 6) is -2.19. The molecule has 0 saturated carbocycles. The summed E-state index contributed by atoms with van der Waals surface area (Å²) >= 11 is 0. The zero-order valence-electron chi connectivity index (χ0n) is 5.79. The summed E-state index contributed by atoms with van der Waals surface area (Å²) in [6, 6.07) is 0. The fourth-order valence-electron chi connectivity index (χ4n) is 0.416. The van der Waals surface area contributed by atoms with E-state index >= 15 is 0 Å². The summed E-state index contributed by atoms with van der Waals surface area (Å²) in [6.07, 6.45) is -0.0385. The fourth-order valence-corrected chi connectivity index (χ4v) is 0.416. The summed E-state index contributed by atoms with van der Waals surface area (Å²) in [6.45, 7) is 2.49. The summed E-state index contributed by atoms with van der Waals surface area (Å²) in [7, 11) is 0. The maximum atomic E-state index is 10.3. The standard InChI is InChI=1S/C6H10O4/c1-2-10-4-3-5(7)6(8)9/h2-4H2,1H3,(H,8,9). The Kier molecular flexibility index (Phi) is 4.49. The first-order valence-corrected chi connectivity index (χ1v) is 3.02. The Labute approximate surface area is 58.8 Å². The van der Waals surface area contributed by atoms with Crippen molar-refractivity contribution in [2.45, 2.75) is 13.3 Å². The molecule has 0 rings (SSSR count). The molecule has 4 nitrogen and oxygen atoms in total. The van der Waals surface area contributed by atoms with Gasteiger partial charge in [-0.05, 0) is 6.92 Å². The van der Waals surface area contributed by atoms with Gasteiger partial charge in [-0.2, -0.15) is 0 Å². The molecule has 0 amide bonds.